The Morgan fingerprint density at radius 2 is 1.94 bits per heavy atom. The Kier molecular flexibility index (Phi) is 7.45. The number of ether oxygens (including phenoxy) is 1. The number of nitrogens with zero attached hydrogens (tertiary/aromatic N) is 3. The number of hydrogen-bond acceptors (Lipinski definition) is 5. The molecule has 0 radical (unpaired) electrons. The maximum Gasteiger partial charge on any atom is 0.255 e. The van der Waals surface area contributed by atoms with Gasteiger partial charge in [-0.05, 0) is 35.9 Å². The van der Waals surface area contributed by atoms with Gasteiger partial charge in [0.2, 0.25) is 11.8 Å². The number of nitrogens with one attached hydrogen (secondary N) is 1. The Hall–Kier alpha value is -2.71. The molecule has 2 aromatic heterocycles. The number of carbonyl (C=O) groups is 1. The maximum absolute atomic E-state index is 14.0. The van der Waals surface area contributed by atoms with E-state index in [9.17, 15) is 9.18 Å². The van der Waals surface area contributed by atoms with E-state index < -0.39 is 11.9 Å². The molecule has 1 aromatic carbocycles. The van der Waals surface area contributed by atoms with Crippen LogP contribution in [0.3, 0.4) is 0 Å². The van der Waals surface area contributed by atoms with Gasteiger partial charge >= 0.3 is 0 Å². The van der Waals surface area contributed by atoms with E-state index in [1.807, 2.05) is 36.4 Å². The highest BCUT2D eigenvalue weighted by Gasteiger charge is 2.29. The zero-order valence-corrected chi connectivity index (χ0v) is 19.4. The van der Waals surface area contributed by atoms with E-state index in [1.54, 1.807) is 0 Å². The smallest absolute Gasteiger partial charge is 0.255 e. The summed E-state index contributed by atoms with van der Waals surface area (Å²) >= 11 is 17.6. The van der Waals surface area contributed by atoms with Gasteiger partial charge in [0.15, 0.2) is 0 Å². The molecule has 0 bridgehead atoms. The Bertz CT molecular complexity index is 1180. The number of carbonyl (C=O) groups excluding carboxylic acids is 1. The van der Waals surface area contributed by atoms with Crippen LogP contribution in [0.4, 0.5) is 10.1 Å². The molecule has 4 rings (SSSR count). The van der Waals surface area contributed by atoms with E-state index in [0.29, 0.717) is 18.1 Å². The van der Waals surface area contributed by atoms with Crippen molar-refractivity contribution < 1.29 is 13.9 Å². The topological polar surface area (TPSA) is 67.3 Å². The molecule has 0 spiro atoms. The minimum Gasteiger partial charge on any atom is -0.470 e. The van der Waals surface area contributed by atoms with Crippen molar-refractivity contribution in [1.29, 1.82) is 0 Å². The average Bonchev–Trinajstić information content (AvgIpc) is 2.76. The first kappa shape index (κ1) is 23.4. The van der Waals surface area contributed by atoms with E-state index in [4.69, 9.17) is 39.5 Å². The third kappa shape index (κ3) is 6.21. The lowest BCUT2D eigenvalue weighted by molar-refractivity contribution is 0.0253. The van der Waals surface area contributed by atoms with Crippen LogP contribution in [0.15, 0.2) is 54.7 Å². The van der Waals surface area contributed by atoms with Gasteiger partial charge in [-0.3, -0.25) is 9.69 Å². The van der Waals surface area contributed by atoms with Gasteiger partial charge in [-0.15, -0.1) is 0 Å². The lowest BCUT2D eigenvalue weighted by Gasteiger charge is -2.38. The molecule has 33 heavy (non-hydrogen) atoms. The van der Waals surface area contributed by atoms with Gasteiger partial charge in [0.05, 0.1) is 5.02 Å². The summed E-state index contributed by atoms with van der Waals surface area (Å²) in [6, 6.07) is 11.7. The molecule has 1 aliphatic rings. The van der Waals surface area contributed by atoms with Gasteiger partial charge in [0, 0.05) is 36.4 Å². The van der Waals surface area contributed by atoms with Crippen LogP contribution in [0.25, 0.3) is 6.08 Å². The lowest BCUT2D eigenvalue weighted by atomic mass is 10.1. The molecular formula is C23H18Cl3FN4O2. The minimum absolute atomic E-state index is 0.0354. The summed E-state index contributed by atoms with van der Waals surface area (Å²) < 4.78 is 19.8. The first-order valence-electron chi connectivity index (χ1n) is 9.97. The number of amides is 1. The van der Waals surface area contributed by atoms with E-state index in [1.165, 1.54) is 24.4 Å². The molecule has 1 N–H and O–H groups in total. The average molecular weight is 508 g/mol. The summed E-state index contributed by atoms with van der Waals surface area (Å²) in [5.74, 6) is -1.39. The molecule has 0 aliphatic carbocycles. The fourth-order valence-electron chi connectivity index (χ4n) is 3.18. The largest absolute Gasteiger partial charge is 0.470 e. The van der Waals surface area contributed by atoms with Crippen molar-refractivity contribution in [2.24, 2.45) is 0 Å². The van der Waals surface area contributed by atoms with Crippen LogP contribution in [-0.2, 0) is 0 Å². The molecule has 1 fully saturated rings. The Labute approximate surface area is 205 Å². The first-order chi connectivity index (χ1) is 15.9. The fourth-order valence-corrected chi connectivity index (χ4v) is 3.64. The molecule has 6 nitrogen and oxygen atoms in total. The standard InChI is InChI=1S/C23H18Cl3FN4O2/c24-16-5-3-14(4-6-16)2-1-9-31-12-17(13-31)33-23-19(11-18(25)21(27)30-23)29-22(32)15-7-8-28-20(26)10-15/h1-8,10-11,17H,9,12-13H2,(H,29,32)/b2-1+. The van der Waals surface area contributed by atoms with Gasteiger partial charge in [-0.25, -0.2) is 4.98 Å². The van der Waals surface area contributed by atoms with Crippen LogP contribution in [0.1, 0.15) is 15.9 Å². The highest BCUT2D eigenvalue weighted by molar-refractivity contribution is 6.31. The fraction of sp³-hybridized carbons (Fsp3) is 0.174. The molecule has 1 aliphatic heterocycles. The summed E-state index contributed by atoms with van der Waals surface area (Å²) in [7, 11) is 0. The number of rotatable bonds is 7. The summed E-state index contributed by atoms with van der Waals surface area (Å²) in [6.45, 7) is 1.99. The van der Waals surface area contributed by atoms with Crippen LogP contribution >= 0.6 is 34.8 Å². The molecule has 3 heterocycles. The minimum atomic E-state index is -0.876. The van der Waals surface area contributed by atoms with Gasteiger partial charge in [0.25, 0.3) is 5.91 Å². The van der Waals surface area contributed by atoms with Crippen molar-refractivity contribution in [1.82, 2.24) is 14.9 Å². The Balaban J connectivity index is 1.36. The SMILES string of the molecule is O=C(Nc1cc(Cl)c(F)nc1OC1CN(C/C=C/c2ccc(Cl)cc2)C1)c1ccnc(Cl)c1. The zero-order valence-electron chi connectivity index (χ0n) is 17.1. The van der Waals surface area contributed by atoms with Crippen LogP contribution < -0.4 is 10.1 Å². The second-order valence-electron chi connectivity index (χ2n) is 7.35. The van der Waals surface area contributed by atoms with Crippen LogP contribution in [0, 0.1) is 5.95 Å². The van der Waals surface area contributed by atoms with Crippen molar-refractivity contribution in [3.8, 4) is 5.88 Å². The number of aromatic nitrogens is 2. The second-order valence-corrected chi connectivity index (χ2v) is 8.58. The van der Waals surface area contributed by atoms with Crippen molar-refractivity contribution in [2.45, 2.75) is 6.10 Å². The number of likely N-dealkylation sites (tertiary alicyclic amines) is 1. The van der Waals surface area contributed by atoms with E-state index in [0.717, 1.165) is 12.1 Å². The molecule has 3 aromatic rings. The van der Waals surface area contributed by atoms with Crippen LogP contribution in [0.5, 0.6) is 5.88 Å². The van der Waals surface area contributed by atoms with Crippen molar-refractivity contribution in [2.75, 3.05) is 25.0 Å². The number of pyridine rings is 2. The summed E-state index contributed by atoms with van der Waals surface area (Å²) in [5.41, 5.74) is 1.51. The third-order valence-electron chi connectivity index (χ3n) is 4.88. The highest BCUT2D eigenvalue weighted by Crippen LogP contribution is 2.30. The lowest BCUT2D eigenvalue weighted by Crippen LogP contribution is -2.53. The molecule has 0 unspecified atom stereocenters. The van der Waals surface area contributed by atoms with Crippen molar-refractivity contribution >= 4 is 52.5 Å². The number of anilines is 1. The monoisotopic (exact) mass is 506 g/mol. The molecular weight excluding hydrogens is 490 g/mol. The summed E-state index contributed by atoms with van der Waals surface area (Å²) in [5, 5.41) is 3.29. The van der Waals surface area contributed by atoms with E-state index >= 15 is 0 Å². The molecule has 1 saturated heterocycles. The predicted molar refractivity (Wildman–Crippen MR) is 128 cm³/mol. The second kappa shape index (κ2) is 10.5. The quantitative estimate of drug-likeness (QED) is 0.421. The Morgan fingerprint density at radius 3 is 2.67 bits per heavy atom. The molecule has 170 valence electrons. The number of hydrogen-bond donors (Lipinski definition) is 1. The van der Waals surface area contributed by atoms with E-state index in [2.05, 4.69) is 20.2 Å². The highest BCUT2D eigenvalue weighted by atomic mass is 35.5. The first-order valence-corrected chi connectivity index (χ1v) is 11.1. The molecule has 10 heteroatoms. The number of halogens is 4. The summed E-state index contributed by atoms with van der Waals surface area (Å²) in [4.78, 5) is 22.3. The maximum atomic E-state index is 14.0. The number of benzene rings is 1. The van der Waals surface area contributed by atoms with Crippen molar-refractivity contribution in [3.63, 3.8) is 0 Å². The van der Waals surface area contributed by atoms with Crippen molar-refractivity contribution in [3.05, 3.63) is 87.0 Å². The van der Waals surface area contributed by atoms with Crippen LogP contribution in [0.2, 0.25) is 15.2 Å². The summed E-state index contributed by atoms with van der Waals surface area (Å²) in [6.07, 6.45) is 5.27. The van der Waals surface area contributed by atoms with Gasteiger partial charge in [-0.2, -0.15) is 9.37 Å². The van der Waals surface area contributed by atoms with E-state index in [-0.39, 0.29) is 33.4 Å². The van der Waals surface area contributed by atoms with Gasteiger partial charge in [0.1, 0.15) is 16.9 Å². The van der Waals surface area contributed by atoms with Crippen LogP contribution in [-0.4, -0.2) is 46.5 Å². The predicted octanol–water partition coefficient (Wildman–Crippen LogP) is 5.60. The third-order valence-corrected chi connectivity index (χ3v) is 5.60. The van der Waals surface area contributed by atoms with Gasteiger partial charge in [-0.1, -0.05) is 59.1 Å². The van der Waals surface area contributed by atoms with Gasteiger partial charge < -0.3 is 10.1 Å². The molecule has 1 amide bonds. The molecule has 0 atom stereocenters. The Morgan fingerprint density at radius 1 is 1.18 bits per heavy atom. The normalized spacial score (nSPS) is 14.3. The zero-order chi connectivity index (χ0) is 23.4. The molecule has 0 saturated carbocycles.